The van der Waals surface area contributed by atoms with Crippen molar-refractivity contribution in [3.8, 4) is 0 Å². The van der Waals surface area contributed by atoms with E-state index in [1.807, 2.05) is 6.92 Å². The molecule has 0 aromatic carbocycles. The van der Waals surface area contributed by atoms with Gasteiger partial charge in [-0.15, -0.1) is 0 Å². The second-order valence-electron chi connectivity index (χ2n) is 5.08. The maximum Gasteiger partial charge on any atom is 0.241 e. The number of carbonyl (C=O) groups excluding carboxylic acids is 2. The molecule has 96 valence electrons. The molecule has 2 unspecified atom stereocenters. The summed E-state index contributed by atoms with van der Waals surface area (Å²) >= 11 is 0. The zero-order valence-corrected chi connectivity index (χ0v) is 10.3. The third kappa shape index (κ3) is 2.02. The Balaban J connectivity index is 2.08. The molecule has 0 radical (unpaired) electrons. The van der Waals surface area contributed by atoms with E-state index in [0.717, 1.165) is 0 Å². The highest BCUT2D eigenvalue weighted by atomic mass is 16.5. The summed E-state index contributed by atoms with van der Waals surface area (Å²) in [6.45, 7) is 3.87. The Hall–Kier alpha value is -1.14. The lowest BCUT2D eigenvalue weighted by atomic mass is 9.84. The van der Waals surface area contributed by atoms with Gasteiger partial charge in [0.1, 0.15) is 0 Å². The first-order valence-corrected chi connectivity index (χ1v) is 5.82. The summed E-state index contributed by atoms with van der Waals surface area (Å²) in [5.41, 5.74) is 5.23. The van der Waals surface area contributed by atoms with Crippen LogP contribution in [0.3, 0.4) is 0 Å². The number of carbonyl (C=O) groups is 2. The van der Waals surface area contributed by atoms with Crippen LogP contribution in [0.4, 0.5) is 0 Å². The summed E-state index contributed by atoms with van der Waals surface area (Å²) in [5, 5.41) is 0. The van der Waals surface area contributed by atoms with Crippen LogP contribution in [0.1, 0.15) is 6.92 Å². The maximum absolute atomic E-state index is 12.4. The first kappa shape index (κ1) is 12.3. The van der Waals surface area contributed by atoms with Crippen LogP contribution in [0.5, 0.6) is 0 Å². The van der Waals surface area contributed by atoms with Crippen LogP contribution in [-0.4, -0.2) is 67.6 Å². The van der Waals surface area contributed by atoms with Gasteiger partial charge in [-0.05, 0) is 6.92 Å². The highest BCUT2D eigenvalue weighted by Crippen LogP contribution is 2.29. The summed E-state index contributed by atoms with van der Waals surface area (Å²) in [4.78, 5) is 27.2. The molecule has 0 aromatic heterocycles. The molecule has 2 N–H and O–H groups in total. The largest absolute Gasteiger partial charge is 0.379 e. The zero-order valence-electron chi connectivity index (χ0n) is 10.3. The summed E-state index contributed by atoms with van der Waals surface area (Å²) in [6, 6.07) is -0.287. The molecule has 2 heterocycles. The Kier molecular flexibility index (Phi) is 3.09. The number of piperazine rings is 1. The van der Waals surface area contributed by atoms with Crippen molar-refractivity contribution in [2.24, 2.45) is 11.1 Å². The van der Waals surface area contributed by atoms with Gasteiger partial charge in [0.15, 0.2) is 0 Å². The van der Waals surface area contributed by atoms with E-state index in [4.69, 9.17) is 10.5 Å². The smallest absolute Gasteiger partial charge is 0.241 e. The Labute approximate surface area is 101 Å². The van der Waals surface area contributed by atoms with E-state index in [-0.39, 0.29) is 24.4 Å². The third-order valence-electron chi connectivity index (χ3n) is 3.75. The molecular weight excluding hydrogens is 222 g/mol. The number of likely N-dealkylation sites (N-methyl/N-ethyl adjacent to an activating group) is 1. The monoisotopic (exact) mass is 241 g/mol. The van der Waals surface area contributed by atoms with E-state index in [1.54, 1.807) is 16.8 Å². The third-order valence-corrected chi connectivity index (χ3v) is 3.75. The van der Waals surface area contributed by atoms with Gasteiger partial charge in [0.2, 0.25) is 11.8 Å². The summed E-state index contributed by atoms with van der Waals surface area (Å²) in [5.74, 6) is -0.0929. The fourth-order valence-electron chi connectivity index (χ4n) is 2.20. The first-order chi connectivity index (χ1) is 7.95. The van der Waals surface area contributed by atoms with Gasteiger partial charge in [0, 0.05) is 26.2 Å². The van der Waals surface area contributed by atoms with Crippen molar-refractivity contribution >= 4 is 11.8 Å². The standard InChI is InChI=1S/C11H19N3O3/c1-11(7-17-6-8(11)12)10(16)14-4-3-13(2)9(15)5-14/h8H,3-7,12H2,1-2H3. The van der Waals surface area contributed by atoms with Crippen molar-refractivity contribution in [2.45, 2.75) is 13.0 Å². The number of nitrogens with zero attached hydrogens (tertiary/aromatic N) is 2. The van der Waals surface area contributed by atoms with Crippen molar-refractivity contribution in [1.82, 2.24) is 9.80 Å². The molecule has 2 aliphatic heterocycles. The van der Waals surface area contributed by atoms with Crippen LogP contribution >= 0.6 is 0 Å². The molecule has 6 heteroatoms. The molecule has 0 aliphatic carbocycles. The lowest BCUT2D eigenvalue weighted by Crippen LogP contribution is -2.57. The summed E-state index contributed by atoms with van der Waals surface area (Å²) in [7, 11) is 1.75. The molecule has 0 spiro atoms. The van der Waals surface area contributed by atoms with Crippen molar-refractivity contribution in [1.29, 1.82) is 0 Å². The van der Waals surface area contributed by atoms with Gasteiger partial charge in [-0.3, -0.25) is 9.59 Å². The molecule has 2 saturated heterocycles. The van der Waals surface area contributed by atoms with Gasteiger partial charge in [-0.1, -0.05) is 0 Å². The highest BCUT2D eigenvalue weighted by molar-refractivity contribution is 5.89. The molecule has 2 aliphatic rings. The zero-order chi connectivity index (χ0) is 12.6. The molecule has 2 amide bonds. The fraction of sp³-hybridized carbons (Fsp3) is 0.818. The molecular formula is C11H19N3O3. The normalized spacial score (nSPS) is 34.3. The van der Waals surface area contributed by atoms with E-state index in [2.05, 4.69) is 0 Å². The first-order valence-electron chi connectivity index (χ1n) is 5.82. The topological polar surface area (TPSA) is 75.9 Å². The average molecular weight is 241 g/mol. The molecule has 2 rings (SSSR count). The predicted octanol–water partition coefficient (Wildman–Crippen LogP) is -1.35. The van der Waals surface area contributed by atoms with Gasteiger partial charge in [0.25, 0.3) is 0 Å². The Bertz CT molecular complexity index is 347. The SMILES string of the molecule is CN1CCN(C(=O)C2(C)COCC2N)CC1=O. The van der Waals surface area contributed by atoms with Crippen molar-refractivity contribution < 1.29 is 14.3 Å². The minimum absolute atomic E-state index is 0.0271. The molecule has 0 bridgehead atoms. The van der Waals surface area contributed by atoms with Gasteiger partial charge in [-0.2, -0.15) is 0 Å². The van der Waals surface area contributed by atoms with Gasteiger partial charge >= 0.3 is 0 Å². The minimum Gasteiger partial charge on any atom is -0.379 e. The van der Waals surface area contributed by atoms with Crippen molar-refractivity contribution in [3.63, 3.8) is 0 Å². The van der Waals surface area contributed by atoms with Crippen LogP contribution in [-0.2, 0) is 14.3 Å². The Morgan fingerprint density at radius 1 is 1.53 bits per heavy atom. The predicted molar refractivity (Wildman–Crippen MR) is 61.1 cm³/mol. The highest BCUT2D eigenvalue weighted by Gasteiger charge is 2.47. The molecule has 2 atom stereocenters. The van der Waals surface area contributed by atoms with E-state index >= 15 is 0 Å². The molecule has 2 fully saturated rings. The van der Waals surface area contributed by atoms with Gasteiger partial charge < -0.3 is 20.3 Å². The van der Waals surface area contributed by atoms with E-state index in [0.29, 0.717) is 26.3 Å². The van der Waals surface area contributed by atoms with E-state index in [9.17, 15) is 9.59 Å². The van der Waals surface area contributed by atoms with E-state index in [1.165, 1.54) is 0 Å². The Morgan fingerprint density at radius 3 is 2.76 bits per heavy atom. The van der Waals surface area contributed by atoms with Crippen LogP contribution in [0.2, 0.25) is 0 Å². The van der Waals surface area contributed by atoms with Gasteiger partial charge in [0.05, 0.1) is 25.2 Å². The van der Waals surface area contributed by atoms with Crippen LogP contribution in [0.25, 0.3) is 0 Å². The average Bonchev–Trinajstić information content (AvgIpc) is 2.63. The number of hydrogen-bond acceptors (Lipinski definition) is 4. The lowest BCUT2D eigenvalue weighted by Gasteiger charge is -2.37. The summed E-state index contributed by atoms with van der Waals surface area (Å²) in [6.07, 6.45) is 0. The Morgan fingerprint density at radius 2 is 2.24 bits per heavy atom. The quantitative estimate of drug-likeness (QED) is 0.616. The minimum atomic E-state index is -0.684. The second kappa shape index (κ2) is 4.27. The van der Waals surface area contributed by atoms with Crippen molar-refractivity contribution in [3.05, 3.63) is 0 Å². The lowest BCUT2D eigenvalue weighted by molar-refractivity contribution is -0.150. The number of nitrogens with two attached hydrogens (primary N) is 1. The number of ether oxygens (including phenoxy) is 1. The van der Waals surface area contributed by atoms with Gasteiger partial charge in [-0.25, -0.2) is 0 Å². The van der Waals surface area contributed by atoms with Crippen molar-refractivity contribution in [2.75, 3.05) is 39.9 Å². The molecule has 17 heavy (non-hydrogen) atoms. The van der Waals surface area contributed by atoms with Crippen LogP contribution in [0, 0.1) is 5.41 Å². The molecule has 0 saturated carbocycles. The van der Waals surface area contributed by atoms with Crippen LogP contribution < -0.4 is 5.73 Å². The van der Waals surface area contributed by atoms with E-state index < -0.39 is 5.41 Å². The number of amides is 2. The number of rotatable bonds is 1. The molecule has 6 nitrogen and oxygen atoms in total. The number of hydrogen-bond donors (Lipinski definition) is 1. The van der Waals surface area contributed by atoms with Crippen LogP contribution in [0.15, 0.2) is 0 Å². The summed E-state index contributed by atoms with van der Waals surface area (Å²) < 4.78 is 5.26. The second-order valence-corrected chi connectivity index (χ2v) is 5.08. The fourth-order valence-corrected chi connectivity index (χ4v) is 2.20. The maximum atomic E-state index is 12.4. The molecule has 0 aromatic rings.